The minimum absolute atomic E-state index is 0.351. The maximum Gasteiger partial charge on any atom is 0.322 e. The fraction of sp³-hybridized carbons (Fsp3) is 0.417. The van der Waals surface area contributed by atoms with Crippen molar-refractivity contribution in [2.24, 2.45) is 0 Å². The third-order valence-electron chi connectivity index (χ3n) is 2.72. The number of urea groups is 1. The van der Waals surface area contributed by atoms with E-state index in [0.717, 1.165) is 13.1 Å². The summed E-state index contributed by atoms with van der Waals surface area (Å²) in [6, 6.07) is 2.72. The van der Waals surface area contributed by atoms with Crippen LogP contribution >= 0.6 is 0 Å². The molecule has 0 atom stereocenters. The van der Waals surface area contributed by atoms with Crippen molar-refractivity contribution >= 4 is 11.9 Å². The van der Waals surface area contributed by atoms with E-state index < -0.39 is 11.9 Å². The number of carbonyl (C=O) groups is 2. The molecule has 3 amide bonds. The monoisotopic (exact) mass is 264 g/mol. The molecule has 7 nitrogen and oxygen atoms in total. The number of ether oxygens (including phenoxy) is 1. The van der Waals surface area contributed by atoms with Crippen LogP contribution in [0.5, 0.6) is 0 Å². The van der Waals surface area contributed by atoms with Gasteiger partial charge in [0.1, 0.15) is 0 Å². The average Bonchev–Trinajstić information content (AvgIpc) is 2.47. The molecule has 0 aromatic carbocycles. The predicted molar refractivity (Wildman–Crippen MR) is 67.5 cm³/mol. The molecule has 2 rings (SSSR count). The zero-order valence-electron chi connectivity index (χ0n) is 10.5. The average molecular weight is 264 g/mol. The summed E-state index contributed by atoms with van der Waals surface area (Å²) in [5.41, 5.74) is 0.351. The Bertz CT molecular complexity index is 432. The maximum atomic E-state index is 11.7. The van der Waals surface area contributed by atoms with Crippen LogP contribution in [0.4, 0.5) is 4.79 Å². The van der Waals surface area contributed by atoms with Gasteiger partial charge in [-0.15, -0.1) is 0 Å². The van der Waals surface area contributed by atoms with Crippen molar-refractivity contribution in [1.29, 1.82) is 0 Å². The summed E-state index contributed by atoms with van der Waals surface area (Å²) in [6.07, 6.45) is 2.97. The van der Waals surface area contributed by atoms with Crippen molar-refractivity contribution in [1.82, 2.24) is 20.5 Å². The minimum atomic E-state index is -0.514. The Morgan fingerprint density at radius 3 is 2.84 bits per heavy atom. The Morgan fingerprint density at radius 2 is 2.16 bits per heavy atom. The van der Waals surface area contributed by atoms with Gasteiger partial charge in [-0.2, -0.15) is 0 Å². The molecule has 7 heteroatoms. The van der Waals surface area contributed by atoms with Gasteiger partial charge in [0.15, 0.2) is 0 Å². The molecule has 0 unspecified atom stereocenters. The second-order valence-corrected chi connectivity index (χ2v) is 4.09. The molecule has 0 spiro atoms. The number of imide groups is 1. The largest absolute Gasteiger partial charge is 0.379 e. The number of rotatable bonds is 3. The van der Waals surface area contributed by atoms with Crippen molar-refractivity contribution in [3.05, 3.63) is 30.1 Å². The van der Waals surface area contributed by atoms with Gasteiger partial charge in [-0.05, 0) is 12.1 Å². The molecule has 1 fully saturated rings. The lowest BCUT2D eigenvalue weighted by Gasteiger charge is -2.26. The van der Waals surface area contributed by atoms with Crippen LogP contribution in [-0.4, -0.2) is 54.8 Å². The molecule has 1 aromatic heterocycles. The highest BCUT2D eigenvalue weighted by atomic mass is 16.5. The summed E-state index contributed by atoms with van der Waals surface area (Å²) in [4.78, 5) is 29.1. The Kier molecular flexibility index (Phi) is 4.82. The van der Waals surface area contributed by atoms with E-state index in [-0.39, 0.29) is 0 Å². The van der Waals surface area contributed by atoms with Crippen LogP contribution in [0.3, 0.4) is 0 Å². The maximum absolute atomic E-state index is 11.7. The van der Waals surface area contributed by atoms with Crippen molar-refractivity contribution < 1.29 is 14.3 Å². The molecule has 1 saturated heterocycles. The zero-order chi connectivity index (χ0) is 13.5. The molecule has 2 N–H and O–H groups in total. The molecule has 1 aliphatic heterocycles. The van der Waals surface area contributed by atoms with E-state index in [0.29, 0.717) is 25.4 Å². The van der Waals surface area contributed by atoms with E-state index in [9.17, 15) is 9.59 Å². The highest BCUT2D eigenvalue weighted by Gasteiger charge is 2.13. The van der Waals surface area contributed by atoms with Gasteiger partial charge in [0.25, 0.3) is 5.91 Å². The van der Waals surface area contributed by atoms with Gasteiger partial charge < -0.3 is 10.1 Å². The second-order valence-electron chi connectivity index (χ2n) is 4.09. The van der Waals surface area contributed by atoms with E-state index in [1.54, 1.807) is 18.3 Å². The van der Waals surface area contributed by atoms with Gasteiger partial charge in [-0.3, -0.25) is 20.0 Å². The number of hydrogen-bond donors (Lipinski definition) is 2. The van der Waals surface area contributed by atoms with Crippen LogP contribution in [0.1, 0.15) is 10.4 Å². The van der Waals surface area contributed by atoms with E-state index in [2.05, 4.69) is 15.6 Å². The molecule has 0 bridgehead atoms. The van der Waals surface area contributed by atoms with E-state index in [1.807, 2.05) is 4.90 Å². The van der Waals surface area contributed by atoms with E-state index >= 15 is 0 Å². The number of carbonyl (C=O) groups excluding carboxylic acids is 2. The molecular formula is C12H16N4O3. The highest BCUT2D eigenvalue weighted by molar-refractivity contribution is 6.03. The molecule has 102 valence electrons. The molecule has 0 saturated carbocycles. The molecule has 2 heterocycles. The van der Waals surface area contributed by atoms with Crippen molar-refractivity contribution in [2.75, 3.05) is 33.0 Å². The van der Waals surface area contributed by atoms with E-state index in [4.69, 9.17) is 4.74 Å². The number of nitrogens with one attached hydrogen (secondary N) is 2. The summed E-state index contributed by atoms with van der Waals surface area (Å²) >= 11 is 0. The smallest absolute Gasteiger partial charge is 0.322 e. The summed E-state index contributed by atoms with van der Waals surface area (Å²) in [5, 5.41) is 4.88. The van der Waals surface area contributed by atoms with Crippen molar-refractivity contribution in [2.45, 2.75) is 0 Å². The SMILES string of the molecule is O=C(NCN1CCOCC1)NC(=O)c1cccnc1. The standard InChI is InChI=1S/C12H16N4O3/c17-11(10-2-1-3-13-8-10)15-12(18)14-9-16-4-6-19-7-5-16/h1-3,8H,4-7,9H2,(H2,14,15,17,18). The summed E-state index contributed by atoms with van der Waals surface area (Å²) in [7, 11) is 0. The zero-order valence-corrected chi connectivity index (χ0v) is 10.5. The lowest BCUT2D eigenvalue weighted by molar-refractivity contribution is 0.0355. The van der Waals surface area contributed by atoms with Gasteiger partial charge in [-0.25, -0.2) is 4.79 Å². The van der Waals surface area contributed by atoms with Crippen molar-refractivity contribution in [3.63, 3.8) is 0 Å². The Morgan fingerprint density at radius 1 is 1.37 bits per heavy atom. The Hall–Kier alpha value is -1.99. The minimum Gasteiger partial charge on any atom is -0.379 e. The number of aromatic nitrogens is 1. The second kappa shape index (κ2) is 6.81. The third-order valence-corrected chi connectivity index (χ3v) is 2.72. The number of amides is 3. The Balaban J connectivity index is 1.73. The first-order valence-corrected chi connectivity index (χ1v) is 6.05. The lowest BCUT2D eigenvalue weighted by Crippen LogP contribution is -2.47. The lowest BCUT2D eigenvalue weighted by atomic mass is 10.3. The molecule has 1 aliphatic rings. The van der Waals surface area contributed by atoms with E-state index in [1.165, 1.54) is 6.20 Å². The first-order chi connectivity index (χ1) is 9.25. The topological polar surface area (TPSA) is 83.6 Å². The number of nitrogens with zero attached hydrogens (tertiary/aromatic N) is 2. The normalized spacial score (nSPS) is 15.8. The van der Waals surface area contributed by atoms with Gasteiger partial charge in [-0.1, -0.05) is 0 Å². The third kappa shape index (κ3) is 4.31. The number of pyridine rings is 1. The van der Waals surface area contributed by atoms with Gasteiger partial charge in [0.2, 0.25) is 0 Å². The Labute approximate surface area is 110 Å². The van der Waals surface area contributed by atoms with Crippen LogP contribution in [-0.2, 0) is 4.74 Å². The summed E-state index contributed by atoms with van der Waals surface area (Å²) in [5.74, 6) is -0.465. The van der Waals surface area contributed by atoms with Gasteiger partial charge in [0, 0.05) is 25.5 Å². The molecule has 0 aliphatic carbocycles. The fourth-order valence-electron chi connectivity index (χ4n) is 1.66. The van der Waals surface area contributed by atoms with Gasteiger partial charge >= 0.3 is 6.03 Å². The van der Waals surface area contributed by atoms with Crippen LogP contribution in [0.25, 0.3) is 0 Å². The van der Waals surface area contributed by atoms with Crippen LogP contribution in [0.2, 0.25) is 0 Å². The first kappa shape index (κ1) is 13.4. The number of hydrogen-bond acceptors (Lipinski definition) is 5. The van der Waals surface area contributed by atoms with Gasteiger partial charge in [0.05, 0.1) is 25.4 Å². The molecular weight excluding hydrogens is 248 g/mol. The molecule has 1 aromatic rings. The molecule has 0 radical (unpaired) electrons. The van der Waals surface area contributed by atoms with Crippen LogP contribution in [0, 0.1) is 0 Å². The predicted octanol–water partition coefficient (Wildman–Crippen LogP) is -0.189. The van der Waals surface area contributed by atoms with Crippen LogP contribution < -0.4 is 10.6 Å². The quantitative estimate of drug-likeness (QED) is 0.790. The summed E-state index contributed by atoms with van der Waals surface area (Å²) in [6.45, 7) is 3.28. The highest BCUT2D eigenvalue weighted by Crippen LogP contribution is 1.96. The number of morpholine rings is 1. The molecule has 19 heavy (non-hydrogen) atoms. The first-order valence-electron chi connectivity index (χ1n) is 6.05. The van der Waals surface area contributed by atoms with Crippen LogP contribution in [0.15, 0.2) is 24.5 Å². The van der Waals surface area contributed by atoms with Crippen molar-refractivity contribution in [3.8, 4) is 0 Å². The summed E-state index contributed by atoms with van der Waals surface area (Å²) < 4.78 is 5.20. The fourth-order valence-corrected chi connectivity index (χ4v) is 1.66.